The Bertz CT molecular complexity index is 655. The number of rotatable bonds is 6. The number of hydrogen-bond donors (Lipinski definition) is 1. The summed E-state index contributed by atoms with van der Waals surface area (Å²) in [5.74, 6) is 0. The van der Waals surface area contributed by atoms with E-state index in [-0.39, 0.29) is 6.04 Å². The first-order chi connectivity index (χ1) is 11.5. The van der Waals surface area contributed by atoms with Crippen molar-refractivity contribution >= 4 is 23.0 Å². The van der Waals surface area contributed by atoms with Crippen LogP contribution in [0.5, 0.6) is 0 Å². The first-order valence-corrected chi connectivity index (χ1v) is 8.49. The largest absolute Gasteiger partial charge is 0.383 e. The Morgan fingerprint density at radius 1 is 1.21 bits per heavy atom. The van der Waals surface area contributed by atoms with Gasteiger partial charge in [-0.05, 0) is 56.2 Å². The molecule has 1 heterocycles. The summed E-state index contributed by atoms with van der Waals surface area (Å²) < 4.78 is 5.26. The summed E-state index contributed by atoms with van der Waals surface area (Å²) in [6.45, 7) is 7.58. The number of benzene rings is 1. The van der Waals surface area contributed by atoms with E-state index in [0.29, 0.717) is 18.3 Å². The quantitative estimate of drug-likeness (QED) is 0.799. The SMILES string of the molecule is COCCN(C(=S)Nc1c(C)cccc1C)C(C)c1ccccn1. The average molecular weight is 343 g/mol. The van der Waals surface area contributed by atoms with Crippen LogP contribution in [0.25, 0.3) is 0 Å². The Labute approximate surface area is 149 Å². The Morgan fingerprint density at radius 2 is 1.92 bits per heavy atom. The molecule has 0 bridgehead atoms. The fraction of sp³-hybridized carbons (Fsp3) is 0.368. The van der Waals surface area contributed by atoms with Gasteiger partial charge < -0.3 is 15.0 Å². The maximum absolute atomic E-state index is 5.70. The second-order valence-corrected chi connectivity index (χ2v) is 6.20. The van der Waals surface area contributed by atoms with Crippen LogP contribution in [-0.4, -0.2) is 35.3 Å². The normalized spacial score (nSPS) is 11.8. The Morgan fingerprint density at radius 3 is 2.50 bits per heavy atom. The highest BCUT2D eigenvalue weighted by Gasteiger charge is 2.20. The van der Waals surface area contributed by atoms with E-state index in [2.05, 4.69) is 54.2 Å². The van der Waals surface area contributed by atoms with E-state index in [1.54, 1.807) is 7.11 Å². The molecule has 0 amide bonds. The predicted molar refractivity (Wildman–Crippen MR) is 103 cm³/mol. The zero-order valence-corrected chi connectivity index (χ0v) is 15.6. The van der Waals surface area contributed by atoms with Gasteiger partial charge in [0.15, 0.2) is 5.11 Å². The van der Waals surface area contributed by atoms with E-state index >= 15 is 0 Å². The number of anilines is 1. The second kappa shape index (κ2) is 8.76. The van der Waals surface area contributed by atoms with Crippen LogP contribution in [-0.2, 0) is 4.74 Å². The molecule has 0 spiro atoms. The maximum Gasteiger partial charge on any atom is 0.174 e. The van der Waals surface area contributed by atoms with Crippen LogP contribution >= 0.6 is 12.2 Å². The zero-order chi connectivity index (χ0) is 17.5. The van der Waals surface area contributed by atoms with Gasteiger partial charge in [0.25, 0.3) is 0 Å². The molecular formula is C19H25N3OS. The van der Waals surface area contributed by atoms with E-state index in [0.717, 1.165) is 11.4 Å². The molecule has 1 unspecified atom stereocenters. The number of aromatic nitrogens is 1. The molecule has 0 aliphatic rings. The van der Waals surface area contributed by atoms with E-state index < -0.39 is 0 Å². The van der Waals surface area contributed by atoms with Crippen LogP contribution < -0.4 is 5.32 Å². The lowest BCUT2D eigenvalue weighted by Gasteiger charge is -2.32. The number of nitrogens with one attached hydrogen (secondary N) is 1. The standard InChI is InChI=1S/C19H25N3OS/c1-14-8-7-9-15(2)18(14)21-19(24)22(12-13-23-4)16(3)17-10-5-6-11-20-17/h5-11,16H,12-13H2,1-4H3,(H,21,24). The molecule has 0 aliphatic heterocycles. The predicted octanol–water partition coefficient (Wildman–Crippen LogP) is 4.10. The monoisotopic (exact) mass is 343 g/mol. The van der Waals surface area contributed by atoms with Crippen molar-refractivity contribution in [2.75, 3.05) is 25.6 Å². The highest BCUT2D eigenvalue weighted by atomic mass is 32.1. The summed E-state index contributed by atoms with van der Waals surface area (Å²) in [6.07, 6.45) is 1.81. The molecule has 2 aromatic rings. The molecule has 1 atom stereocenters. The molecule has 1 aromatic heterocycles. The van der Waals surface area contributed by atoms with Crippen molar-refractivity contribution in [3.05, 3.63) is 59.4 Å². The fourth-order valence-corrected chi connectivity index (χ4v) is 2.99. The highest BCUT2D eigenvalue weighted by molar-refractivity contribution is 7.80. The van der Waals surface area contributed by atoms with Gasteiger partial charge in [-0.15, -0.1) is 0 Å². The zero-order valence-electron chi connectivity index (χ0n) is 14.7. The van der Waals surface area contributed by atoms with Gasteiger partial charge in [-0.25, -0.2) is 0 Å². The number of methoxy groups -OCH3 is 1. The van der Waals surface area contributed by atoms with Gasteiger partial charge in [0.05, 0.1) is 18.3 Å². The molecule has 24 heavy (non-hydrogen) atoms. The van der Waals surface area contributed by atoms with E-state index in [1.807, 2.05) is 24.4 Å². The van der Waals surface area contributed by atoms with Crippen molar-refractivity contribution in [2.45, 2.75) is 26.8 Å². The topological polar surface area (TPSA) is 37.4 Å². The number of pyridine rings is 1. The minimum Gasteiger partial charge on any atom is -0.383 e. The van der Waals surface area contributed by atoms with Crippen molar-refractivity contribution in [3.63, 3.8) is 0 Å². The summed E-state index contributed by atoms with van der Waals surface area (Å²) in [5, 5.41) is 4.10. The number of ether oxygens (including phenoxy) is 1. The summed E-state index contributed by atoms with van der Waals surface area (Å²) in [5.41, 5.74) is 4.40. The summed E-state index contributed by atoms with van der Waals surface area (Å²) >= 11 is 5.70. The average Bonchev–Trinajstić information content (AvgIpc) is 2.59. The van der Waals surface area contributed by atoms with Gasteiger partial charge in [0.2, 0.25) is 0 Å². The Kier molecular flexibility index (Phi) is 6.70. The van der Waals surface area contributed by atoms with Crippen LogP contribution in [0.2, 0.25) is 0 Å². The number of nitrogens with zero attached hydrogens (tertiary/aromatic N) is 2. The van der Waals surface area contributed by atoms with Gasteiger partial charge in [-0.3, -0.25) is 4.98 Å². The molecule has 0 saturated carbocycles. The van der Waals surface area contributed by atoms with Crippen LogP contribution in [0.15, 0.2) is 42.6 Å². The van der Waals surface area contributed by atoms with Crippen LogP contribution in [0.1, 0.15) is 29.8 Å². The van der Waals surface area contributed by atoms with Gasteiger partial charge >= 0.3 is 0 Å². The molecule has 1 aromatic carbocycles. The van der Waals surface area contributed by atoms with Gasteiger partial charge in [-0.1, -0.05) is 24.3 Å². The summed E-state index contributed by atoms with van der Waals surface area (Å²) in [4.78, 5) is 6.58. The van der Waals surface area contributed by atoms with Crippen molar-refractivity contribution < 1.29 is 4.74 Å². The number of para-hydroxylation sites is 1. The van der Waals surface area contributed by atoms with Crippen molar-refractivity contribution in [3.8, 4) is 0 Å². The lowest BCUT2D eigenvalue weighted by molar-refractivity contribution is 0.164. The molecule has 4 nitrogen and oxygen atoms in total. The molecule has 0 radical (unpaired) electrons. The lowest BCUT2D eigenvalue weighted by Crippen LogP contribution is -2.39. The van der Waals surface area contributed by atoms with Gasteiger partial charge in [0, 0.05) is 25.5 Å². The van der Waals surface area contributed by atoms with E-state index in [1.165, 1.54) is 11.1 Å². The molecular weight excluding hydrogens is 318 g/mol. The number of thiocarbonyl (C=S) groups is 1. The molecule has 1 N–H and O–H groups in total. The molecule has 0 fully saturated rings. The summed E-state index contributed by atoms with van der Waals surface area (Å²) in [6, 6.07) is 12.2. The number of hydrogen-bond acceptors (Lipinski definition) is 3. The third kappa shape index (κ3) is 4.52. The Balaban J connectivity index is 2.22. The minimum atomic E-state index is 0.0608. The second-order valence-electron chi connectivity index (χ2n) is 5.81. The molecule has 2 rings (SSSR count). The third-order valence-corrected chi connectivity index (χ3v) is 4.43. The number of aryl methyl sites for hydroxylation is 2. The Hall–Kier alpha value is -1.98. The first kappa shape index (κ1) is 18.4. The first-order valence-electron chi connectivity index (χ1n) is 8.08. The summed E-state index contributed by atoms with van der Waals surface area (Å²) in [7, 11) is 1.70. The van der Waals surface area contributed by atoms with Gasteiger partial charge in [-0.2, -0.15) is 0 Å². The smallest absolute Gasteiger partial charge is 0.174 e. The molecule has 128 valence electrons. The van der Waals surface area contributed by atoms with Crippen LogP contribution in [0.3, 0.4) is 0 Å². The van der Waals surface area contributed by atoms with Gasteiger partial charge in [0.1, 0.15) is 0 Å². The third-order valence-electron chi connectivity index (χ3n) is 4.09. The fourth-order valence-electron chi connectivity index (χ4n) is 2.63. The lowest BCUT2D eigenvalue weighted by atomic mass is 10.1. The molecule has 0 aliphatic carbocycles. The maximum atomic E-state index is 5.70. The van der Waals surface area contributed by atoms with Crippen LogP contribution in [0.4, 0.5) is 5.69 Å². The van der Waals surface area contributed by atoms with Crippen molar-refractivity contribution in [2.24, 2.45) is 0 Å². The van der Waals surface area contributed by atoms with Crippen molar-refractivity contribution in [1.29, 1.82) is 0 Å². The van der Waals surface area contributed by atoms with E-state index in [4.69, 9.17) is 17.0 Å². The molecule has 5 heteroatoms. The highest BCUT2D eigenvalue weighted by Crippen LogP contribution is 2.23. The molecule has 0 saturated heterocycles. The van der Waals surface area contributed by atoms with Crippen LogP contribution in [0, 0.1) is 13.8 Å². The van der Waals surface area contributed by atoms with E-state index in [9.17, 15) is 0 Å². The van der Waals surface area contributed by atoms with Crippen molar-refractivity contribution in [1.82, 2.24) is 9.88 Å². The minimum absolute atomic E-state index is 0.0608.